The molecule has 2 aromatic rings. The van der Waals surface area contributed by atoms with Crippen molar-refractivity contribution >= 4 is 43.2 Å². The number of benzene rings is 2. The molecule has 2 aromatic carbocycles. The average Bonchev–Trinajstić information content (AvgIpc) is 2.98. The number of rotatable bonds is 2. The molecule has 0 unspecified atom stereocenters. The van der Waals surface area contributed by atoms with Crippen molar-refractivity contribution in [3.05, 3.63) is 45.9 Å². The molecule has 0 atom stereocenters. The minimum atomic E-state index is -4.10. The van der Waals surface area contributed by atoms with E-state index >= 15 is 0 Å². The Morgan fingerprint density at radius 2 is 1.96 bits per heavy atom. The molecule has 0 spiro atoms. The van der Waals surface area contributed by atoms with Crippen LogP contribution in [0, 0.1) is 11.6 Å². The van der Waals surface area contributed by atoms with Crippen molar-refractivity contribution < 1.29 is 26.7 Å². The highest BCUT2D eigenvalue weighted by atomic mass is 79.9. The lowest BCUT2D eigenvalue weighted by Crippen LogP contribution is -2.30. The van der Waals surface area contributed by atoms with Gasteiger partial charge in [-0.3, -0.25) is 9.10 Å². The second-order valence-electron chi connectivity index (χ2n) is 5.83. The quantitative estimate of drug-likeness (QED) is 0.772. The molecule has 0 fully saturated rings. The van der Waals surface area contributed by atoms with Crippen LogP contribution in [0.15, 0.2) is 33.6 Å². The summed E-state index contributed by atoms with van der Waals surface area (Å²) in [5.74, 6) is -1.76. The minimum Gasteiger partial charge on any atom is -0.482 e. The van der Waals surface area contributed by atoms with E-state index in [2.05, 4.69) is 21.2 Å². The van der Waals surface area contributed by atoms with Gasteiger partial charge in [-0.25, -0.2) is 17.2 Å². The highest BCUT2D eigenvalue weighted by Gasteiger charge is 2.35. The third-order valence-electron chi connectivity index (χ3n) is 4.21. The van der Waals surface area contributed by atoms with Crippen LogP contribution in [0.25, 0.3) is 0 Å². The number of amides is 1. The summed E-state index contributed by atoms with van der Waals surface area (Å²) in [5.41, 5.74) is 0.486. The molecule has 0 radical (unpaired) electrons. The Morgan fingerprint density at radius 3 is 2.73 bits per heavy atom. The molecule has 2 heterocycles. The second kappa shape index (κ2) is 5.92. The number of nitrogens with one attached hydrogen (secondary N) is 1. The lowest BCUT2D eigenvalue weighted by atomic mass is 10.1. The average molecular weight is 445 g/mol. The Hall–Kier alpha value is -2.20. The molecule has 0 bridgehead atoms. The van der Waals surface area contributed by atoms with Gasteiger partial charge in [-0.05, 0) is 34.5 Å². The highest BCUT2D eigenvalue weighted by Crippen LogP contribution is 2.40. The summed E-state index contributed by atoms with van der Waals surface area (Å²) >= 11 is 3.19. The maximum atomic E-state index is 13.9. The van der Waals surface area contributed by atoms with Crippen LogP contribution in [0.4, 0.5) is 20.2 Å². The fraction of sp³-hybridized carbons (Fsp3) is 0.188. The van der Waals surface area contributed by atoms with E-state index in [4.69, 9.17) is 4.74 Å². The van der Waals surface area contributed by atoms with Crippen LogP contribution in [0.2, 0.25) is 0 Å². The van der Waals surface area contributed by atoms with E-state index in [1.54, 1.807) is 0 Å². The van der Waals surface area contributed by atoms with Crippen molar-refractivity contribution in [2.75, 3.05) is 22.8 Å². The SMILES string of the molecule is O=C1COc2cc(S(=O)(=O)N3CCc4c(F)cc(F)cc43)c(Br)cc2N1. The Balaban J connectivity index is 1.82. The molecule has 136 valence electrons. The number of nitrogens with zero attached hydrogens (tertiary/aromatic N) is 1. The van der Waals surface area contributed by atoms with E-state index in [-0.39, 0.29) is 51.8 Å². The zero-order chi connectivity index (χ0) is 18.6. The molecule has 6 nitrogen and oxygen atoms in total. The zero-order valence-corrected chi connectivity index (χ0v) is 15.5. The largest absolute Gasteiger partial charge is 0.482 e. The molecule has 1 amide bonds. The molecule has 0 aromatic heterocycles. The summed E-state index contributed by atoms with van der Waals surface area (Å²) in [4.78, 5) is 11.3. The first kappa shape index (κ1) is 17.2. The molecule has 10 heteroatoms. The van der Waals surface area contributed by atoms with Gasteiger partial charge < -0.3 is 10.1 Å². The molecule has 4 rings (SSSR count). The van der Waals surface area contributed by atoms with Gasteiger partial charge >= 0.3 is 0 Å². The zero-order valence-electron chi connectivity index (χ0n) is 13.1. The van der Waals surface area contributed by atoms with Gasteiger partial charge in [0.05, 0.1) is 11.4 Å². The van der Waals surface area contributed by atoms with Crippen molar-refractivity contribution in [3.8, 4) is 5.75 Å². The second-order valence-corrected chi connectivity index (χ2v) is 8.51. The van der Waals surface area contributed by atoms with Crippen LogP contribution in [0.5, 0.6) is 5.75 Å². The van der Waals surface area contributed by atoms with Gasteiger partial charge in [0.1, 0.15) is 22.3 Å². The van der Waals surface area contributed by atoms with Crippen LogP contribution < -0.4 is 14.4 Å². The molecular formula is C16H11BrF2N2O4S. The first-order valence-electron chi connectivity index (χ1n) is 7.54. The summed E-state index contributed by atoms with van der Waals surface area (Å²) in [6.45, 7) is -0.226. The highest BCUT2D eigenvalue weighted by molar-refractivity contribution is 9.10. The van der Waals surface area contributed by atoms with E-state index < -0.39 is 21.7 Å². The van der Waals surface area contributed by atoms with Crippen LogP contribution in [-0.4, -0.2) is 27.5 Å². The van der Waals surface area contributed by atoms with E-state index in [1.165, 1.54) is 12.1 Å². The smallest absolute Gasteiger partial charge is 0.265 e. The summed E-state index contributed by atoms with van der Waals surface area (Å²) in [7, 11) is -4.10. The normalized spacial score (nSPS) is 16.0. The Labute approximate surface area is 155 Å². The van der Waals surface area contributed by atoms with Crippen LogP contribution in [0.3, 0.4) is 0 Å². The molecule has 26 heavy (non-hydrogen) atoms. The number of anilines is 2. The standard InChI is InChI=1S/C16H11BrF2N2O4S/c17-10-5-12-14(25-7-16(22)20-12)6-15(10)26(23,24)21-2-1-9-11(19)3-8(18)4-13(9)21/h3-6H,1-2,7H2,(H,20,22). The fourth-order valence-corrected chi connectivity index (χ4v) is 5.55. The first-order valence-corrected chi connectivity index (χ1v) is 9.77. The van der Waals surface area contributed by atoms with Crippen molar-refractivity contribution in [2.45, 2.75) is 11.3 Å². The monoisotopic (exact) mass is 444 g/mol. The van der Waals surface area contributed by atoms with Crippen LogP contribution >= 0.6 is 15.9 Å². The van der Waals surface area contributed by atoms with E-state index in [0.29, 0.717) is 5.69 Å². The first-order chi connectivity index (χ1) is 12.3. The summed E-state index contributed by atoms with van der Waals surface area (Å²) in [6.07, 6.45) is 0.149. The predicted molar refractivity (Wildman–Crippen MR) is 92.9 cm³/mol. The topological polar surface area (TPSA) is 75.7 Å². The molecular weight excluding hydrogens is 434 g/mol. The van der Waals surface area contributed by atoms with Gasteiger partial charge in [0.25, 0.3) is 15.9 Å². The lowest BCUT2D eigenvalue weighted by molar-refractivity contribution is -0.118. The van der Waals surface area contributed by atoms with Gasteiger partial charge in [0.15, 0.2) is 6.61 Å². The van der Waals surface area contributed by atoms with Crippen LogP contribution in [-0.2, 0) is 21.2 Å². The maximum absolute atomic E-state index is 13.9. The van der Waals surface area contributed by atoms with E-state index in [1.807, 2.05) is 0 Å². The van der Waals surface area contributed by atoms with Crippen molar-refractivity contribution in [3.63, 3.8) is 0 Å². The van der Waals surface area contributed by atoms with Crippen molar-refractivity contribution in [2.24, 2.45) is 0 Å². The summed E-state index contributed by atoms with van der Waals surface area (Å²) in [5, 5.41) is 2.58. The Morgan fingerprint density at radius 1 is 1.19 bits per heavy atom. The number of carbonyl (C=O) groups is 1. The Bertz CT molecular complexity index is 1060. The number of hydrogen-bond donors (Lipinski definition) is 1. The van der Waals surface area contributed by atoms with E-state index in [9.17, 15) is 22.0 Å². The van der Waals surface area contributed by atoms with Crippen molar-refractivity contribution in [1.29, 1.82) is 0 Å². The third kappa shape index (κ3) is 2.64. The fourth-order valence-electron chi connectivity index (χ4n) is 3.04. The number of halogens is 3. The minimum absolute atomic E-state index is 0.000835. The summed E-state index contributed by atoms with van der Waals surface area (Å²) < 4.78 is 60.2. The molecule has 0 saturated carbocycles. The number of hydrogen-bond acceptors (Lipinski definition) is 4. The van der Waals surface area contributed by atoms with Gasteiger partial charge in [-0.2, -0.15) is 0 Å². The number of carbonyl (C=O) groups excluding carboxylic acids is 1. The maximum Gasteiger partial charge on any atom is 0.265 e. The van der Waals surface area contributed by atoms with Gasteiger partial charge in [-0.15, -0.1) is 0 Å². The molecule has 1 N–H and O–H groups in total. The number of sulfonamides is 1. The Kier molecular flexibility index (Phi) is 3.92. The van der Waals surface area contributed by atoms with Gasteiger partial charge in [0, 0.05) is 28.7 Å². The lowest BCUT2D eigenvalue weighted by Gasteiger charge is -2.23. The third-order valence-corrected chi connectivity index (χ3v) is 6.98. The molecule has 2 aliphatic rings. The van der Waals surface area contributed by atoms with E-state index in [0.717, 1.165) is 16.4 Å². The van der Waals surface area contributed by atoms with Crippen LogP contribution in [0.1, 0.15) is 5.56 Å². The van der Waals surface area contributed by atoms with Gasteiger partial charge in [-0.1, -0.05) is 0 Å². The summed E-state index contributed by atoms with van der Waals surface area (Å²) in [6, 6.07) is 4.44. The molecule has 0 saturated heterocycles. The number of fused-ring (bicyclic) bond motifs is 2. The molecule has 0 aliphatic carbocycles. The van der Waals surface area contributed by atoms with Gasteiger partial charge in [0.2, 0.25) is 0 Å². The predicted octanol–water partition coefficient (Wildman–Crippen LogP) is 2.81. The van der Waals surface area contributed by atoms with Crippen molar-refractivity contribution in [1.82, 2.24) is 0 Å². The number of ether oxygens (including phenoxy) is 1. The molecule has 2 aliphatic heterocycles.